The first-order chi connectivity index (χ1) is 8.31. The van der Waals surface area contributed by atoms with Crippen molar-refractivity contribution >= 4 is 21.3 Å². The number of rotatable bonds is 4. The van der Waals surface area contributed by atoms with Crippen LogP contribution >= 0.6 is 0 Å². The molecule has 1 atom stereocenters. The van der Waals surface area contributed by atoms with Crippen LogP contribution in [-0.2, 0) is 25.5 Å². The summed E-state index contributed by atoms with van der Waals surface area (Å²) in [5.74, 6) is 0. The van der Waals surface area contributed by atoms with Gasteiger partial charge in [-0.3, -0.25) is 4.18 Å². The summed E-state index contributed by atoms with van der Waals surface area (Å²) < 4.78 is 31.0. The molecule has 0 fully saturated rings. The molecule has 0 N–H and O–H groups in total. The summed E-state index contributed by atoms with van der Waals surface area (Å²) >= 11 is 0. The largest absolute Gasteiger partial charge is 0.726 e. The molecular formula is C12H18O4S2. The van der Waals surface area contributed by atoms with Crippen molar-refractivity contribution in [1.82, 2.24) is 0 Å². The van der Waals surface area contributed by atoms with E-state index in [1.54, 1.807) is 0 Å². The average Bonchev–Trinajstić information content (AvgIpc) is 2.31. The Morgan fingerprint density at radius 3 is 2.06 bits per heavy atom. The zero-order valence-electron chi connectivity index (χ0n) is 10.7. The van der Waals surface area contributed by atoms with E-state index in [2.05, 4.69) is 47.5 Å². The molecule has 0 heterocycles. The Kier molecular flexibility index (Phi) is 7.93. The maximum atomic E-state index is 9.22. The van der Waals surface area contributed by atoms with Crippen molar-refractivity contribution in [3.8, 4) is 0 Å². The van der Waals surface area contributed by atoms with Gasteiger partial charge in [0, 0.05) is 5.56 Å². The lowest BCUT2D eigenvalue weighted by molar-refractivity contribution is 0.314. The Balaban J connectivity index is 0.000000411. The molecule has 1 unspecified atom stereocenters. The predicted octanol–water partition coefficient (Wildman–Crippen LogP) is 1.88. The summed E-state index contributed by atoms with van der Waals surface area (Å²) in [4.78, 5) is 0. The normalized spacial score (nSPS) is 12.5. The Morgan fingerprint density at radius 2 is 1.78 bits per heavy atom. The van der Waals surface area contributed by atoms with Crippen molar-refractivity contribution in [3.63, 3.8) is 0 Å². The molecule has 0 aliphatic carbocycles. The molecule has 6 heteroatoms. The minimum absolute atomic E-state index is 0.378. The van der Waals surface area contributed by atoms with E-state index in [-0.39, 0.29) is 0 Å². The molecule has 18 heavy (non-hydrogen) atoms. The monoisotopic (exact) mass is 290 g/mol. The molecule has 1 rings (SSSR count). The van der Waals surface area contributed by atoms with Crippen molar-refractivity contribution in [2.45, 2.75) is 5.25 Å². The highest BCUT2D eigenvalue weighted by atomic mass is 32.3. The van der Waals surface area contributed by atoms with E-state index in [4.69, 9.17) is 0 Å². The highest BCUT2D eigenvalue weighted by Gasteiger charge is 2.18. The first-order valence-electron chi connectivity index (χ1n) is 5.07. The van der Waals surface area contributed by atoms with Crippen molar-refractivity contribution in [2.24, 2.45) is 0 Å². The van der Waals surface area contributed by atoms with Gasteiger partial charge in [0.05, 0.1) is 19.6 Å². The van der Waals surface area contributed by atoms with Crippen LogP contribution in [0.1, 0.15) is 10.8 Å². The molecule has 0 saturated heterocycles. The summed E-state index contributed by atoms with van der Waals surface area (Å²) in [6.07, 6.45) is 6.54. The SMILES string of the molecule is C=CC(c1ccccc1)[S+](C)C.COS(=O)(=O)[O-]. The zero-order valence-corrected chi connectivity index (χ0v) is 12.3. The van der Waals surface area contributed by atoms with Crippen molar-refractivity contribution < 1.29 is 17.2 Å². The first kappa shape index (κ1) is 17.2. The van der Waals surface area contributed by atoms with Crippen molar-refractivity contribution in [1.29, 1.82) is 0 Å². The molecule has 0 aromatic heterocycles. The molecule has 0 aliphatic rings. The Hall–Kier alpha value is -0.820. The predicted molar refractivity (Wildman–Crippen MR) is 75.3 cm³/mol. The third kappa shape index (κ3) is 7.50. The van der Waals surface area contributed by atoms with Crippen LogP contribution in [0.25, 0.3) is 0 Å². The van der Waals surface area contributed by atoms with Crippen LogP contribution in [0.3, 0.4) is 0 Å². The van der Waals surface area contributed by atoms with Gasteiger partial charge in [0.15, 0.2) is 5.25 Å². The van der Waals surface area contributed by atoms with Crippen molar-refractivity contribution in [3.05, 3.63) is 48.6 Å². The van der Waals surface area contributed by atoms with Gasteiger partial charge in [0.2, 0.25) is 10.4 Å². The van der Waals surface area contributed by atoms with Crippen LogP contribution in [0.5, 0.6) is 0 Å². The zero-order chi connectivity index (χ0) is 14.2. The van der Waals surface area contributed by atoms with Gasteiger partial charge in [0.25, 0.3) is 0 Å². The summed E-state index contributed by atoms with van der Waals surface area (Å²) in [5, 5.41) is 0.520. The van der Waals surface area contributed by atoms with Crippen LogP contribution in [0.4, 0.5) is 0 Å². The van der Waals surface area contributed by atoms with Crippen LogP contribution in [0.2, 0.25) is 0 Å². The van der Waals surface area contributed by atoms with Crippen LogP contribution in [0, 0.1) is 0 Å². The van der Waals surface area contributed by atoms with E-state index >= 15 is 0 Å². The van der Waals surface area contributed by atoms with Crippen LogP contribution < -0.4 is 0 Å². The minimum Gasteiger partial charge on any atom is -0.726 e. The highest BCUT2D eigenvalue weighted by molar-refractivity contribution is 7.95. The number of benzene rings is 1. The summed E-state index contributed by atoms with van der Waals surface area (Å²) in [5.41, 5.74) is 1.38. The molecule has 4 nitrogen and oxygen atoms in total. The second-order valence-corrected chi connectivity index (χ2v) is 6.94. The molecule has 0 saturated carbocycles. The van der Waals surface area contributed by atoms with E-state index in [1.165, 1.54) is 5.56 Å². The maximum absolute atomic E-state index is 9.22. The van der Waals surface area contributed by atoms with Gasteiger partial charge < -0.3 is 4.55 Å². The maximum Gasteiger partial charge on any atom is 0.217 e. The second-order valence-electron chi connectivity index (χ2n) is 3.52. The Labute approximate surface area is 112 Å². The van der Waals surface area contributed by atoms with Crippen molar-refractivity contribution in [2.75, 3.05) is 19.6 Å². The van der Waals surface area contributed by atoms with Crippen LogP contribution in [-0.4, -0.2) is 32.6 Å². The van der Waals surface area contributed by atoms with Gasteiger partial charge in [-0.2, -0.15) is 0 Å². The van der Waals surface area contributed by atoms with E-state index in [0.717, 1.165) is 7.11 Å². The van der Waals surface area contributed by atoms with Gasteiger partial charge >= 0.3 is 0 Å². The lowest BCUT2D eigenvalue weighted by Gasteiger charge is -2.08. The highest BCUT2D eigenvalue weighted by Crippen LogP contribution is 2.22. The fourth-order valence-corrected chi connectivity index (χ4v) is 2.33. The standard InChI is InChI=1S/C11H15S.CH4O4S/c1-4-11(12(2)3)10-8-6-5-7-9-10;1-5-6(2,3)4/h4-9,11H,1H2,2-3H3;1H3,(H,2,3,4)/q+1;/p-1. The topological polar surface area (TPSA) is 66.4 Å². The van der Waals surface area contributed by atoms with Gasteiger partial charge in [0.1, 0.15) is 0 Å². The molecule has 1 aromatic rings. The molecular weight excluding hydrogens is 272 g/mol. The van der Waals surface area contributed by atoms with E-state index in [1.807, 2.05) is 12.1 Å². The Morgan fingerprint density at radius 1 is 1.33 bits per heavy atom. The summed E-state index contributed by atoms with van der Waals surface area (Å²) in [6, 6.07) is 10.5. The molecule has 0 amide bonds. The molecule has 0 radical (unpaired) electrons. The molecule has 0 bridgehead atoms. The Bertz CT molecular complexity index is 440. The molecule has 0 spiro atoms. The fraction of sp³-hybridized carbons (Fsp3) is 0.333. The number of hydrogen-bond donors (Lipinski definition) is 0. The van der Waals surface area contributed by atoms with Gasteiger partial charge in [-0.05, 0) is 17.0 Å². The quantitative estimate of drug-likeness (QED) is 0.367. The van der Waals surface area contributed by atoms with Gasteiger partial charge in [-0.25, -0.2) is 8.42 Å². The smallest absolute Gasteiger partial charge is 0.217 e. The second kappa shape index (κ2) is 8.31. The summed E-state index contributed by atoms with van der Waals surface area (Å²) in [7, 11) is -3.23. The third-order valence-corrected chi connectivity index (χ3v) is 3.94. The molecule has 0 aliphatic heterocycles. The lowest BCUT2D eigenvalue weighted by Crippen LogP contribution is -2.07. The molecule has 102 valence electrons. The van der Waals surface area contributed by atoms with E-state index < -0.39 is 10.4 Å². The minimum atomic E-state index is -4.41. The van der Waals surface area contributed by atoms with E-state index in [9.17, 15) is 13.0 Å². The van der Waals surface area contributed by atoms with Gasteiger partial charge in [-0.15, -0.1) is 0 Å². The van der Waals surface area contributed by atoms with Gasteiger partial charge in [-0.1, -0.05) is 36.9 Å². The first-order valence-corrected chi connectivity index (χ1v) is 8.51. The third-order valence-electron chi connectivity index (χ3n) is 2.05. The number of hydrogen-bond acceptors (Lipinski definition) is 4. The lowest BCUT2D eigenvalue weighted by atomic mass is 10.1. The molecule has 1 aromatic carbocycles. The van der Waals surface area contributed by atoms with Crippen LogP contribution in [0.15, 0.2) is 43.0 Å². The average molecular weight is 290 g/mol. The fourth-order valence-electron chi connectivity index (χ4n) is 1.24. The van der Waals surface area contributed by atoms with E-state index in [0.29, 0.717) is 16.1 Å². The summed E-state index contributed by atoms with van der Waals surface area (Å²) in [6.45, 7) is 3.87.